The van der Waals surface area contributed by atoms with Crippen molar-refractivity contribution in [3.63, 3.8) is 0 Å². The molecule has 1 fully saturated rings. The lowest BCUT2D eigenvalue weighted by Gasteiger charge is -2.26. The highest BCUT2D eigenvalue weighted by atomic mass is 31.1. The van der Waals surface area contributed by atoms with Gasteiger partial charge < -0.3 is 10.6 Å². The van der Waals surface area contributed by atoms with Crippen LogP contribution >= 0.6 is 15.8 Å². The third-order valence-electron chi connectivity index (χ3n) is 8.99. The zero-order chi connectivity index (χ0) is 33.4. The van der Waals surface area contributed by atoms with Gasteiger partial charge in [-0.2, -0.15) is 0 Å². The molecular weight excluding hydrogens is 638 g/mol. The summed E-state index contributed by atoms with van der Waals surface area (Å²) >= 11 is 0. The lowest BCUT2D eigenvalue weighted by Crippen LogP contribution is -2.49. The molecule has 2 atom stereocenters. The summed E-state index contributed by atoms with van der Waals surface area (Å²) in [7, 11) is -1.90. The van der Waals surface area contributed by atoms with Crippen LogP contribution in [-0.4, -0.2) is 23.9 Å². The van der Waals surface area contributed by atoms with E-state index >= 15 is 0 Å². The maximum absolute atomic E-state index is 14.1. The third kappa shape index (κ3) is 7.42. The van der Waals surface area contributed by atoms with E-state index in [0.717, 1.165) is 29.9 Å². The third-order valence-corrected chi connectivity index (χ3v) is 14.0. The minimum Gasteiger partial charge on any atom is -0.347 e. The first-order valence-corrected chi connectivity index (χ1v) is 19.5. The second-order valence-corrected chi connectivity index (χ2v) is 16.5. The van der Waals surface area contributed by atoms with E-state index in [1.54, 1.807) is 0 Å². The summed E-state index contributed by atoms with van der Waals surface area (Å²) < 4.78 is 0. The van der Waals surface area contributed by atoms with Gasteiger partial charge in [0, 0.05) is 23.2 Å². The molecule has 6 aromatic rings. The number of rotatable bonds is 10. The number of carbonyl (C=O) groups excluding carboxylic acids is 2. The van der Waals surface area contributed by atoms with Gasteiger partial charge in [0.25, 0.3) is 11.8 Å². The smallest absolute Gasteiger partial charge is 0.252 e. The van der Waals surface area contributed by atoms with Crippen LogP contribution in [-0.2, 0) is 0 Å². The van der Waals surface area contributed by atoms with Gasteiger partial charge in [-0.15, -0.1) is 0 Å². The summed E-state index contributed by atoms with van der Waals surface area (Å²) in [6, 6.07) is 57.4. The van der Waals surface area contributed by atoms with Crippen LogP contribution in [0.5, 0.6) is 0 Å². The molecule has 7 rings (SSSR count). The van der Waals surface area contributed by atoms with Crippen LogP contribution in [0.3, 0.4) is 0 Å². The van der Waals surface area contributed by atoms with E-state index in [-0.39, 0.29) is 23.9 Å². The van der Waals surface area contributed by atoms with E-state index in [9.17, 15) is 9.59 Å². The van der Waals surface area contributed by atoms with Gasteiger partial charge in [-0.05, 0) is 79.1 Å². The molecule has 6 aromatic carbocycles. The average molecular weight is 677 g/mol. The Balaban J connectivity index is 1.14. The summed E-state index contributed by atoms with van der Waals surface area (Å²) in [5, 5.41) is 13.5. The van der Waals surface area contributed by atoms with Crippen LogP contribution in [0.1, 0.15) is 40.0 Å². The van der Waals surface area contributed by atoms with Crippen molar-refractivity contribution in [2.45, 2.75) is 31.3 Å². The fourth-order valence-corrected chi connectivity index (χ4v) is 11.6. The molecule has 0 radical (unpaired) electrons. The Labute approximate surface area is 291 Å². The molecule has 4 nitrogen and oxygen atoms in total. The van der Waals surface area contributed by atoms with Gasteiger partial charge in [-0.1, -0.05) is 158 Å². The molecule has 0 aliphatic heterocycles. The maximum atomic E-state index is 14.1. The van der Waals surface area contributed by atoms with E-state index in [0.29, 0.717) is 11.1 Å². The van der Waals surface area contributed by atoms with Gasteiger partial charge in [-0.3, -0.25) is 9.59 Å². The number of benzene rings is 6. The first-order valence-electron chi connectivity index (χ1n) is 16.8. The van der Waals surface area contributed by atoms with Crippen molar-refractivity contribution in [1.29, 1.82) is 0 Å². The van der Waals surface area contributed by atoms with Gasteiger partial charge in [0.15, 0.2) is 0 Å². The Kier molecular flexibility index (Phi) is 10.4. The predicted octanol–water partition coefficient (Wildman–Crippen LogP) is 6.28. The van der Waals surface area contributed by atoms with Crippen LogP contribution < -0.4 is 42.5 Å². The Bertz CT molecular complexity index is 1780. The molecule has 0 saturated heterocycles. The van der Waals surface area contributed by atoms with Gasteiger partial charge in [0.2, 0.25) is 0 Å². The van der Waals surface area contributed by atoms with Crippen LogP contribution in [0.4, 0.5) is 0 Å². The fourth-order valence-electron chi connectivity index (χ4n) is 6.68. The Hall–Kier alpha value is -4.88. The fraction of sp³-hybridized carbons (Fsp3) is 0.116. The second kappa shape index (κ2) is 15.6. The molecule has 0 unspecified atom stereocenters. The van der Waals surface area contributed by atoms with E-state index in [1.165, 1.54) is 21.2 Å². The monoisotopic (exact) mass is 676 g/mol. The van der Waals surface area contributed by atoms with Crippen molar-refractivity contribution in [2.75, 3.05) is 0 Å². The Morgan fingerprint density at radius 1 is 0.408 bits per heavy atom. The summed E-state index contributed by atoms with van der Waals surface area (Å²) in [6.07, 6.45) is 2.56. The molecule has 0 bridgehead atoms. The van der Waals surface area contributed by atoms with E-state index in [4.69, 9.17) is 0 Å². The minimum atomic E-state index is -0.950. The molecule has 1 saturated carbocycles. The molecule has 2 amide bonds. The number of hydrogen-bond acceptors (Lipinski definition) is 2. The molecule has 1 aliphatic rings. The highest BCUT2D eigenvalue weighted by molar-refractivity contribution is 7.80. The number of carbonyl (C=O) groups is 2. The van der Waals surface area contributed by atoms with Crippen LogP contribution in [0.25, 0.3) is 0 Å². The molecular formula is C43H38N2O2P2. The van der Waals surface area contributed by atoms with Crippen LogP contribution in [0, 0.1) is 0 Å². The highest BCUT2D eigenvalue weighted by Gasteiger charge is 2.32. The molecule has 2 N–H and O–H groups in total. The molecule has 0 aromatic heterocycles. The zero-order valence-electron chi connectivity index (χ0n) is 27.2. The zero-order valence-corrected chi connectivity index (χ0v) is 28.9. The molecule has 242 valence electrons. The van der Waals surface area contributed by atoms with Crippen molar-refractivity contribution in [3.8, 4) is 0 Å². The molecule has 6 heteroatoms. The molecule has 1 aliphatic carbocycles. The molecule has 49 heavy (non-hydrogen) atoms. The van der Waals surface area contributed by atoms with Crippen molar-refractivity contribution in [1.82, 2.24) is 10.6 Å². The van der Waals surface area contributed by atoms with Gasteiger partial charge in [0.05, 0.1) is 0 Å². The van der Waals surface area contributed by atoms with Crippen molar-refractivity contribution >= 4 is 59.5 Å². The van der Waals surface area contributed by atoms with Gasteiger partial charge >= 0.3 is 0 Å². The number of amides is 2. The predicted molar refractivity (Wildman–Crippen MR) is 207 cm³/mol. The minimum absolute atomic E-state index is 0.0989. The van der Waals surface area contributed by atoms with E-state index in [2.05, 4.69) is 120 Å². The summed E-state index contributed by atoms with van der Waals surface area (Å²) in [4.78, 5) is 28.3. The Morgan fingerprint density at radius 2 is 0.694 bits per heavy atom. The highest BCUT2D eigenvalue weighted by Crippen LogP contribution is 2.35. The standard InChI is InChI=1S/C43H38N2O2P2/c46-42(36-26-13-15-30-40(36)48(32-18-5-1-6-19-32)33-20-7-2-8-21-33)44-38-28-17-29-39(38)45-43(47)37-27-14-16-31-41(37)49(34-22-9-3-10-23-34)35-24-11-4-12-25-35/h1-16,18-27,30-31,38-39H,17,28-29H2,(H,44,46)(H,45,47)/t38-,39-/m1/s1. The summed E-state index contributed by atoms with van der Waals surface area (Å²) in [5.74, 6) is -0.198. The maximum Gasteiger partial charge on any atom is 0.252 e. The van der Waals surface area contributed by atoms with Gasteiger partial charge in [-0.25, -0.2) is 0 Å². The van der Waals surface area contributed by atoms with Crippen molar-refractivity contribution < 1.29 is 9.59 Å². The van der Waals surface area contributed by atoms with Crippen molar-refractivity contribution in [3.05, 3.63) is 181 Å². The van der Waals surface area contributed by atoms with Crippen LogP contribution in [0.2, 0.25) is 0 Å². The summed E-state index contributed by atoms with van der Waals surface area (Å²) in [5.41, 5.74) is 1.36. The van der Waals surface area contributed by atoms with E-state index < -0.39 is 15.8 Å². The number of hydrogen-bond donors (Lipinski definition) is 2. The quantitative estimate of drug-likeness (QED) is 0.168. The summed E-state index contributed by atoms with van der Waals surface area (Å²) in [6.45, 7) is 0. The SMILES string of the molecule is O=C(N[C@@H]1CCC[C@H]1NC(=O)c1ccccc1P(c1ccccc1)c1ccccc1)c1ccccc1P(c1ccccc1)c1ccccc1. The molecule has 0 heterocycles. The van der Waals surface area contributed by atoms with Crippen molar-refractivity contribution in [2.24, 2.45) is 0 Å². The number of nitrogens with one attached hydrogen (secondary N) is 2. The topological polar surface area (TPSA) is 58.2 Å². The second-order valence-electron chi connectivity index (χ2n) is 12.1. The first-order chi connectivity index (χ1) is 24.2. The lowest BCUT2D eigenvalue weighted by atomic mass is 10.1. The average Bonchev–Trinajstić information content (AvgIpc) is 3.60. The largest absolute Gasteiger partial charge is 0.347 e. The molecule has 0 spiro atoms. The first kappa shape index (κ1) is 32.7. The Morgan fingerprint density at radius 3 is 1.02 bits per heavy atom. The normalized spacial score (nSPS) is 15.6. The lowest BCUT2D eigenvalue weighted by molar-refractivity contribution is 0.0893. The van der Waals surface area contributed by atoms with Crippen LogP contribution in [0.15, 0.2) is 170 Å². The van der Waals surface area contributed by atoms with Gasteiger partial charge in [0.1, 0.15) is 0 Å². The van der Waals surface area contributed by atoms with E-state index in [1.807, 2.05) is 60.7 Å².